The van der Waals surface area contributed by atoms with Crippen LogP contribution in [-0.2, 0) is 14.2 Å². The van der Waals surface area contributed by atoms with Gasteiger partial charge in [0.15, 0.2) is 0 Å². The van der Waals surface area contributed by atoms with Crippen LogP contribution in [0.2, 0.25) is 0 Å². The van der Waals surface area contributed by atoms with Gasteiger partial charge in [-0.25, -0.2) is 4.98 Å². The third kappa shape index (κ3) is 8.68. The number of rotatable bonds is 13. The summed E-state index contributed by atoms with van der Waals surface area (Å²) in [6, 6.07) is 12.1. The average molecular weight is 372 g/mol. The second kappa shape index (κ2) is 12.9. The fourth-order valence-corrected chi connectivity index (χ4v) is 2.20. The molecule has 0 saturated carbocycles. The molecule has 1 N–H and O–H groups in total. The van der Waals surface area contributed by atoms with Crippen molar-refractivity contribution in [3.05, 3.63) is 53.7 Å². The lowest BCUT2D eigenvalue weighted by Crippen LogP contribution is -2.12. The number of benzene rings is 1. The van der Waals surface area contributed by atoms with Gasteiger partial charge in [-0.05, 0) is 29.3 Å². The Morgan fingerprint density at radius 3 is 2.07 bits per heavy atom. The minimum Gasteiger partial charge on any atom is -0.475 e. The first-order valence-corrected chi connectivity index (χ1v) is 9.01. The molecule has 0 aliphatic rings. The monoisotopic (exact) mass is 372 g/mol. The third-order valence-electron chi connectivity index (χ3n) is 3.71. The lowest BCUT2D eigenvalue weighted by Gasteiger charge is -2.07. The second-order valence-electron chi connectivity index (χ2n) is 5.70. The van der Waals surface area contributed by atoms with E-state index in [-0.39, 0.29) is 0 Å². The molecule has 0 fully saturated rings. The van der Waals surface area contributed by atoms with Crippen molar-refractivity contribution in [2.75, 3.05) is 59.1 Å². The van der Waals surface area contributed by atoms with E-state index in [9.17, 15) is 0 Å². The topological polar surface area (TPSA) is 61.8 Å². The molecule has 2 rings (SSSR count). The molecule has 0 atom stereocenters. The third-order valence-corrected chi connectivity index (χ3v) is 3.71. The Morgan fingerprint density at radius 2 is 1.44 bits per heavy atom. The van der Waals surface area contributed by atoms with Crippen molar-refractivity contribution >= 4 is 17.8 Å². The van der Waals surface area contributed by atoms with Gasteiger partial charge in [0.05, 0.1) is 33.0 Å². The number of nitrogens with zero attached hydrogens (tertiary/aromatic N) is 1. The minimum absolute atomic E-state index is 0.456. The Labute approximate surface area is 161 Å². The summed E-state index contributed by atoms with van der Waals surface area (Å²) in [5, 5.41) is 3.10. The highest BCUT2D eigenvalue weighted by Gasteiger charge is 1.97. The first-order chi connectivity index (χ1) is 13.3. The first-order valence-electron chi connectivity index (χ1n) is 9.01. The number of hydrogen-bond acceptors (Lipinski definition) is 6. The van der Waals surface area contributed by atoms with Crippen molar-refractivity contribution in [3.63, 3.8) is 0 Å². The van der Waals surface area contributed by atoms with Crippen LogP contribution in [0.15, 0.2) is 42.6 Å². The predicted octanol–water partition coefficient (Wildman–Crippen LogP) is 3.35. The summed E-state index contributed by atoms with van der Waals surface area (Å²) in [6.07, 6.45) is 5.87. The molecular weight excluding hydrogens is 344 g/mol. The van der Waals surface area contributed by atoms with Crippen LogP contribution < -0.4 is 10.1 Å². The molecule has 27 heavy (non-hydrogen) atoms. The highest BCUT2D eigenvalue weighted by molar-refractivity contribution is 5.70. The summed E-state index contributed by atoms with van der Waals surface area (Å²) in [4.78, 5) is 4.31. The summed E-state index contributed by atoms with van der Waals surface area (Å²) in [5.74, 6) is 0.588. The zero-order valence-corrected chi connectivity index (χ0v) is 16.0. The van der Waals surface area contributed by atoms with Gasteiger partial charge in [0, 0.05) is 32.1 Å². The van der Waals surface area contributed by atoms with Crippen molar-refractivity contribution in [1.29, 1.82) is 0 Å². The quantitative estimate of drug-likeness (QED) is 0.544. The fraction of sp³-hybridized carbons (Fsp3) is 0.381. The second-order valence-corrected chi connectivity index (χ2v) is 5.70. The van der Waals surface area contributed by atoms with Crippen LogP contribution in [0.4, 0.5) is 5.69 Å². The molecule has 0 bridgehead atoms. The van der Waals surface area contributed by atoms with Crippen molar-refractivity contribution in [1.82, 2.24) is 4.98 Å². The smallest absolute Gasteiger partial charge is 0.213 e. The largest absolute Gasteiger partial charge is 0.475 e. The van der Waals surface area contributed by atoms with Crippen LogP contribution in [0.5, 0.6) is 5.88 Å². The lowest BCUT2D eigenvalue weighted by molar-refractivity contribution is 0.0176. The Hall–Kier alpha value is -2.41. The van der Waals surface area contributed by atoms with E-state index < -0.39 is 0 Å². The van der Waals surface area contributed by atoms with E-state index in [1.54, 1.807) is 13.3 Å². The van der Waals surface area contributed by atoms with E-state index in [4.69, 9.17) is 18.9 Å². The summed E-state index contributed by atoms with van der Waals surface area (Å²) >= 11 is 0. The van der Waals surface area contributed by atoms with Gasteiger partial charge >= 0.3 is 0 Å². The molecule has 1 heterocycles. The number of ether oxygens (including phenoxy) is 4. The number of pyridine rings is 1. The van der Waals surface area contributed by atoms with Crippen LogP contribution in [-0.4, -0.2) is 58.8 Å². The van der Waals surface area contributed by atoms with Crippen LogP contribution in [0.3, 0.4) is 0 Å². The molecule has 0 radical (unpaired) electrons. The molecular formula is C21H28N2O4. The molecule has 6 nitrogen and oxygen atoms in total. The normalized spacial score (nSPS) is 11.0. The molecule has 1 aromatic carbocycles. The summed E-state index contributed by atoms with van der Waals surface area (Å²) in [7, 11) is 3.56. The maximum atomic E-state index is 5.57. The summed E-state index contributed by atoms with van der Waals surface area (Å²) in [5.41, 5.74) is 3.25. The van der Waals surface area contributed by atoms with E-state index in [0.717, 1.165) is 16.8 Å². The molecule has 2 aromatic rings. The van der Waals surface area contributed by atoms with Gasteiger partial charge in [-0.2, -0.15) is 0 Å². The first kappa shape index (κ1) is 20.9. The predicted molar refractivity (Wildman–Crippen MR) is 108 cm³/mol. The van der Waals surface area contributed by atoms with Crippen molar-refractivity contribution in [3.8, 4) is 5.88 Å². The number of methoxy groups -OCH3 is 1. The number of hydrogen-bond donors (Lipinski definition) is 1. The molecule has 0 amide bonds. The summed E-state index contributed by atoms with van der Waals surface area (Å²) < 4.78 is 21.2. The highest BCUT2D eigenvalue weighted by Crippen LogP contribution is 2.13. The molecule has 0 unspecified atom stereocenters. The van der Waals surface area contributed by atoms with Gasteiger partial charge in [-0.15, -0.1) is 0 Å². The van der Waals surface area contributed by atoms with Gasteiger partial charge < -0.3 is 24.3 Å². The Morgan fingerprint density at radius 1 is 0.815 bits per heavy atom. The van der Waals surface area contributed by atoms with E-state index in [1.807, 2.05) is 37.4 Å². The zero-order valence-electron chi connectivity index (χ0n) is 16.0. The average Bonchev–Trinajstić information content (AvgIpc) is 2.72. The molecule has 0 spiro atoms. The fourth-order valence-electron chi connectivity index (χ4n) is 2.20. The lowest BCUT2D eigenvalue weighted by atomic mass is 10.1. The minimum atomic E-state index is 0.456. The maximum Gasteiger partial charge on any atom is 0.213 e. The van der Waals surface area contributed by atoms with E-state index in [0.29, 0.717) is 45.5 Å². The van der Waals surface area contributed by atoms with E-state index in [2.05, 4.69) is 28.5 Å². The Balaban J connectivity index is 1.63. The van der Waals surface area contributed by atoms with Gasteiger partial charge in [0.1, 0.15) is 6.61 Å². The van der Waals surface area contributed by atoms with Gasteiger partial charge in [-0.3, -0.25) is 0 Å². The molecule has 0 aliphatic carbocycles. The molecule has 0 saturated heterocycles. The molecule has 0 aliphatic heterocycles. The zero-order chi connectivity index (χ0) is 19.2. The highest BCUT2D eigenvalue weighted by atomic mass is 16.6. The van der Waals surface area contributed by atoms with Gasteiger partial charge in [0.2, 0.25) is 5.88 Å². The van der Waals surface area contributed by atoms with Crippen LogP contribution >= 0.6 is 0 Å². The number of aromatic nitrogens is 1. The Bertz CT molecular complexity index is 657. The maximum absolute atomic E-state index is 5.57. The summed E-state index contributed by atoms with van der Waals surface area (Å²) in [6.45, 7) is 3.24. The molecule has 6 heteroatoms. The molecule has 146 valence electrons. The molecule has 1 aromatic heterocycles. The number of anilines is 1. The van der Waals surface area contributed by atoms with Crippen molar-refractivity contribution in [2.24, 2.45) is 0 Å². The van der Waals surface area contributed by atoms with Crippen LogP contribution in [0.1, 0.15) is 11.1 Å². The number of nitrogens with one attached hydrogen (secondary N) is 1. The van der Waals surface area contributed by atoms with E-state index >= 15 is 0 Å². The van der Waals surface area contributed by atoms with Crippen LogP contribution in [0, 0.1) is 0 Å². The van der Waals surface area contributed by atoms with Gasteiger partial charge in [-0.1, -0.05) is 24.3 Å². The van der Waals surface area contributed by atoms with Crippen molar-refractivity contribution < 1.29 is 18.9 Å². The standard InChI is InChI=1S/C21H28N2O4/c1-22-20-8-5-18(6-9-20)3-4-19-7-10-21(23-17-19)27-16-15-26-14-13-25-12-11-24-2/h3-10,17,22H,11-16H2,1-2H3/b4-3+. The Kier molecular flexibility index (Phi) is 9.96. The van der Waals surface area contributed by atoms with Gasteiger partial charge in [0.25, 0.3) is 0 Å². The van der Waals surface area contributed by atoms with Crippen molar-refractivity contribution in [2.45, 2.75) is 0 Å². The van der Waals surface area contributed by atoms with E-state index in [1.165, 1.54) is 0 Å². The SMILES string of the molecule is CNc1ccc(/C=C/c2ccc(OCCOCCOCCOC)nc2)cc1. The van der Waals surface area contributed by atoms with Crippen LogP contribution in [0.25, 0.3) is 12.2 Å².